The third-order valence-corrected chi connectivity index (χ3v) is 6.38. The van der Waals surface area contributed by atoms with Crippen LogP contribution >= 0.6 is 0 Å². The summed E-state index contributed by atoms with van der Waals surface area (Å²) >= 11 is 0. The van der Waals surface area contributed by atoms with Crippen molar-refractivity contribution in [3.8, 4) is 0 Å². The van der Waals surface area contributed by atoms with Crippen LogP contribution in [-0.2, 0) is 14.8 Å². The maximum atomic E-state index is 13.2. The van der Waals surface area contributed by atoms with Gasteiger partial charge in [0.05, 0.1) is 4.90 Å². The molecule has 0 aromatic heterocycles. The summed E-state index contributed by atoms with van der Waals surface area (Å²) in [4.78, 5) is 14.1. The van der Waals surface area contributed by atoms with E-state index in [9.17, 15) is 13.2 Å². The lowest BCUT2D eigenvalue weighted by atomic mass is 10.1. The minimum Gasteiger partial charge on any atom is -0.318 e. The largest absolute Gasteiger partial charge is 0.318 e. The van der Waals surface area contributed by atoms with Crippen molar-refractivity contribution < 1.29 is 13.2 Å². The van der Waals surface area contributed by atoms with Gasteiger partial charge in [-0.2, -0.15) is 4.31 Å². The molecule has 0 aliphatic carbocycles. The smallest absolute Gasteiger partial charge is 0.245 e. The van der Waals surface area contributed by atoms with E-state index in [2.05, 4.69) is 0 Å². The number of benzene rings is 2. The van der Waals surface area contributed by atoms with Crippen LogP contribution < -0.4 is 0 Å². The quantitative estimate of drug-likeness (QED) is 0.848. The van der Waals surface area contributed by atoms with Crippen LogP contribution in [0.5, 0.6) is 0 Å². The van der Waals surface area contributed by atoms with Crippen molar-refractivity contribution in [2.24, 2.45) is 0 Å². The van der Waals surface area contributed by atoms with Gasteiger partial charge >= 0.3 is 0 Å². The van der Waals surface area contributed by atoms with Gasteiger partial charge in [0.15, 0.2) is 0 Å². The van der Waals surface area contributed by atoms with E-state index in [1.54, 1.807) is 29.2 Å². The van der Waals surface area contributed by atoms with Crippen LogP contribution in [0.4, 0.5) is 0 Å². The Hall–Kier alpha value is -2.18. The van der Waals surface area contributed by atoms with Crippen LogP contribution in [-0.4, -0.2) is 36.1 Å². The number of amides is 1. The van der Waals surface area contributed by atoms with E-state index in [-0.39, 0.29) is 23.4 Å². The Bertz CT molecular complexity index is 863. The van der Waals surface area contributed by atoms with E-state index in [4.69, 9.17) is 0 Å². The standard InChI is InChI=1S/C19H22N2O3S/c1-14-9-11-18(12-10-14)25(23,24)20-13-15(2)21(16(3)22)19(20)17-7-5-4-6-8-17/h4-12,15,19H,13H2,1-3H3/t15-,19+/m1/s1. The van der Waals surface area contributed by atoms with Gasteiger partial charge in [-0.1, -0.05) is 48.0 Å². The summed E-state index contributed by atoms with van der Waals surface area (Å²) in [6.07, 6.45) is -0.625. The minimum absolute atomic E-state index is 0.136. The van der Waals surface area contributed by atoms with Crippen molar-refractivity contribution in [1.82, 2.24) is 9.21 Å². The van der Waals surface area contributed by atoms with Crippen LogP contribution in [0.15, 0.2) is 59.5 Å². The molecule has 132 valence electrons. The van der Waals surface area contributed by atoms with Crippen LogP contribution in [0, 0.1) is 6.92 Å². The summed E-state index contributed by atoms with van der Waals surface area (Å²) in [6.45, 7) is 5.55. The van der Waals surface area contributed by atoms with E-state index in [0.29, 0.717) is 0 Å². The lowest BCUT2D eigenvalue weighted by molar-refractivity contribution is -0.132. The first-order valence-corrected chi connectivity index (χ1v) is 9.68. The molecule has 0 spiro atoms. The summed E-state index contributed by atoms with van der Waals surface area (Å²) in [7, 11) is -3.71. The molecule has 2 aromatic rings. The van der Waals surface area contributed by atoms with Crippen molar-refractivity contribution in [3.05, 3.63) is 65.7 Å². The molecule has 0 N–H and O–H groups in total. The maximum absolute atomic E-state index is 13.2. The van der Waals surface area contributed by atoms with Crippen molar-refractivity contribution in [1.29, 1.82) is 0 Å². The van der Waals surface area contributed by atoms with Gasteiger partial charge in [-0.15, -0.1) is 0 Å². The highest BCUT2D eigenvalue weighted by Crippen LogP contribution is 2.37. The van der Waals surface area contributed by atoms with Gasteiger partial charge in [0, 0.05) is 19.5 Å². The SMILES string of the molecule is CC(=O)N1[C@H](C)CN(S(=O)(=O)c2ccc(C)cc2)[C@@H]1c1ccccc1. The number of nitrogens with zero attached hydrogens (tertiary/aromatic N) is 2. The Morgan fingerprint density at radius 1 is 1.04 bits per heavy atom. The molecular formula is C19H22N2O3S. The van der Waals surface area contributed by atoms with Crippen LogP contribution in [0.3, 0.4) is 0 Å². The Labute approximate surface area is 148 Å². The molecular weight excluding hydrogens is 336 g/mol. The molecule has 0 saturated carbocycles. The highest BCUT2D eigenvalue weighted by atomic mass is 32.2. The molecule has 6 heteroatoms. The van der Waals surface area contributed by atoms with E-state index in [0.717, 1.165) is 11.1 Å². The predicted molar refractivity (Wildman–Crippen MR) is 96.2 cm³/mol. The summed E-state index contributed by atoms with van der Waals surface area (Å²) < 4.78 is 27.9. The number of sulfonamides is 1. The molecule has 1 aliphatic heterocycles. The predicted octanol–water partition coefficient (Wildman–Crippen LogP) is 2.94. The molecule has 1 amide bonds. The monoisotopic (exact) mass is 358 g/mol. The van der Waals surface area contributed by atoms with E-state index >= 15 is 0 Å². The number of hydrogen-bond donors (Lipinski definition) is 0. The summed E-state index contributed by atoms with van der Waals surface area (Å²) in [5.74, 6) is -0.136. The molecule has 1 fully saturated rings. The van der Waals surface area contributed by atoms with Crippen molar-refractivity contribution >= 4 is 15.9 Å². The zero-order valence-electron chi connectivity index (χ0n) is 14.6. The Kier molecular flexibility index (Phi) is 4.67. The number of hydrogen-bond acceptors (Lipinski definition) is 3. The van der Waals surface area contributed by atoms with Crippen molar-refractivity contribution in [2.45, 2.75) is 37.9 Å². The van der Waals surface area contributed by atoms with Gasteiger partial charge in [-0.05, 0) is 31.5 Å². The van der Waals surface area contributed by atoms with E-state index in [1.165, 1.54) is 11.2 Å². The number of carbonyl (C=O) groups excluding carboxylic acids is 1. The fraction of sp³-hybridized carbons (Fsp3) is 0.316. The molecule has 1 saturated heterocycles. The number of carbonyl (C=O) groups is 1. The highest BCUT2D eigenvalue weighted by molar-refractivity contribution is 7.89. The molecule has 2 atom stereocenters. The fourth-order valence-corrected chi connectivity index (χ4v) is 4.99. The molecule has 25 heavy (non-hydrogen) atoms. The molecule has 3 rings (SSSR count). The Morgan fingerprint density at radius 3 is 2.20 bits per heavy atom. The lowest BCUT2D eigenvalue weighted by Crippen LogP contribution is -2.38. The van der Waals surface area contributed by atoms with Crippen LogP contribution in [0.2, 0.25) is 0 Å². The highest BCUT2D eigenvalue weighted by Gasteiger charge is 2.45. The molecule has 1 aliphatic rings. The van der Waals surface area contributed by atoms with Gasteiger partial charge in [0.2, 0.25) is 15.9 Å². The van der Waals surface area contributed by atoms with Gasteiger partial charge in [-0.3, -0.25) is 4.79 Å². The maximum Gasteiger partial charge on any atom is 0.245 e. The summed E-state index contributed by atoms with van der Waals surface area (Å²) in [6, 6.07) is 15.9. The second kappa shape index (κ2) is 6.61. The summed E-state index contributed by atoms with van der Waals surface area (Å²) in [5.41, 5.74) is 1.79. The van der Waals surface area contributed by atoms with Gasteiger partial charge in [0.25, 0.3) is 0 Å². The first-order valence-electron chi connectivity index (χ1n) is 8.24. The van der Waals surface area contributed by atoms with Crippen molar-refractivity contribution in [3.63, 3.8) is 0 Å². The van der Waals surface area contributed by atoms with E-state index < -0.39 is 16.2 Å². The molecule has 0 bridgehead atoms. The normalized spacial score (nSPS) is 21.5. The second-order valence-corrected chi connectivity index (χ2v) is 8.34. The molecule has 1 heterocycles. The molecule has 0 radical (unpaired) electrons. The second-order valence-electron chi connectivity index (χ2n) is 6.45. The summed E-state index contributed by atoms with van der Waals surface area (Å²) in [5, 5.41) is 0. The molecule has 2 aromatic carbocycles. The minimum atomic E-state index is -3.71. The molecule has 5 nitrogen and oxygen atoms in total. The molecule has 0 unspecified atom stereocenters. The zero-order chi connectivity index (χ0) is 18.2. The lowest BCUT2D eigenvalue weighted by Gasteiger charge is -2.30. The third-order valence-electron chi connectivity index (χ3n) is 4.54. The zero-order valence-corrected chi connectivity index (χ0v) is 15.4. The first kappa shape index (κ1) is 17.6. The van der Waals surface area contributed by atoms with E-state index in [1.807, 2.05) is 44.2 Å². The average molecular weight is 358 g/mol. The van der Waals surface area contributed by atoms with Crippen LogP contribution in [0.1, 0.15) is 31.1 Å². The van der Waals surface area contributed by atoms with Gasteiger partial charge in [-0.25, -0.2) is 8.42 Å². The average Bonchev–Trinajstić information content (AvgIpc) is 2.94. The first-order chi connectivity index (χ1) is 11.8. The van der Waals surface area contributed by atoms with Gasteiger partial charge in [0.1, 0.15) is 6.17 Å². The fourth-order valence-electron chi connectivity index (χ4n) is 3.34. The number of rotatable bonds is 3. The number of aryl methyl sites for hydroxylation is 1. The topological polar surface area (TPSA) is 57.7 Å². The van der Waals surface area contributed by atoms with Gasteiger partial charge < -0.3 is 4.90 Å². The Balaban J connectivity index is 2.09. The Morgan fingerprint density at radius 2 is 1.64 bits per heavy atom. The third kappa shape index (κ3) is 3.19. The van der Waals surface area contributed by atoms with Crippen molar-refractivity contribution in [2.75, 3.05) is 6.54 Å². The van der Waals surface area contributed by atoms with Crippen LogP contribution in [0.25, 0.3) is 0 Å².